The number of nitrogens with one attached hydrogen (secondary N) is 1. The smallest absolute Gasteiger partial charge is 0.193 e. The van der Waals surface area contributed by atoms with Crippen molar-refractivity contribution in [1.29, 1.82) is 0 Å². The summed E-state index contributed by atoms with van der Waals surface area (Å²) in [7, 11) is 2.00. The van der Waals surface area contributed by atoms with E-state index in [1.165, 1.54) is 5.56 Å². The minimum atomic E-state index is 0.0946. The summed E-state index contributed by atoms with van der Waals surface area (Å²) < 4.78 is 2.04. The first-order chi connectivity index (χ1) is 17.5. The minimum Gasteiger partial charge on any atom is -0.370 e. The van der Waals surface area contributed by atoms with E-state index < -0.39 is 0 Å². The Morgan fingerprint density at radius 2 is 2.03 bits per heavy atom. The van der Waals surface area contributed by atoms with Crippen LogP contribution in [-0.2, 0) is 20.1 Å². The Labute approximate surface area is 212 Å². The van der Waals surface area contributed by atoms with Gasteiger partial charge in [0.15, 0.2) is 5.43 Å². The molecular weight excluding hydrogens is 448 g/mol. The zero-order chi connectivity index (χ0) is 25.1. The SMILES string of the molecule is Cc1cc(C(NCc2cn(C)c3ccccc3c2=O)[C@H]2CCCN(c3ccc(CN)nc3)C2)ccn1. The van der Waals surface area contributed by atoms with Crippen LogP contribution in [0.3, 0.4) is 0 Å². The molecule has 4 heterocycles. The molecule has 7 heteroatoms. The lowest BCUT2D eigenvalue weighted by Gasteiger charge is -2.39. The van der Waals surface area contributed by atoms with Gasteiger partial charge >= 0.3 is 0 Å². The number of hydrogen-bond acceptors (Lipinski definition) is 6. The van der Waals surface area contributed by atoms with E-state index in [9.17, 15) is 4.79 Å². The van der Waals surface area contributed by atoms with Crippen LogP contribution in [0.4, 0.5) is 5.69 Å². The number of aromatic nitrogens is 3. The molecule has 4 aromatic rings. The van der Waals surface area contributed by atoms with Gasteiger partial charge in [-0.3, -0.25) is 14.8 Å². The molecule has 1 fully saturated rings. The molecule has 3 N–H and O–H groups in total. The van der Waals surface area contributed by atoms with Gasteiger partial charge in [-0.1, -0.05) is 12.1 Å². The molecule has 0 bridgehead atoms. The fourth-order valence-corrected chi connectivity index (χ4v) is 5.41. The summed E-state index contributed by atoms with van der Waals surface area (Å²) in [4.78, 5) is 24.6. The van der Waals surface area contributed by atoms with Crippen molar-refractivity contribution >= 4 is 16.6 Å². The predicted octanol–water partition coefficient (Wildman–Crippen LogP) is 3.84. The number of aryl methyl sites for hydroxylation is 2. The minimum absolute atomic E-state index is 0.0946. The average molecular weight is 483 g/mol. The largest absolute Gasteiger partial charge is 0.370 e. The Morgan fingerprint density at radius 3 is 2.81 bits per heavy atom. The zero-order valence-corrected chi connectivity index (χ0v) is 21.0. The van der Waals surface area contributed by atoms with Gasteiger partial charge in [0.05, 0.1) is 23.1 Å². The third-order valence-electron chi connectivity index (χ3n) is 7.27. The van der Waals surface area contributed by atoms with Gasteiger partial charge < -0.3 is 20.5 Å². The van der Waals surface area contributed by atoms with Gasteiger partial charge in [-0.2, -0.15) is 0 Å². The summed E-state index contributed by atoms with van der Waals surface area (Å²) in [5.74, 6) is 0.374. The van der Waals surface area contributed by atoms with Gasteiger partial charge in [-0.05, 0) is 67.6 Å². The Balaban J connectivity index is 1.42. The van der Waals surface area contributed by atoms with E-state index in [0.717, 1.165) is 59.5 Å². The maximum atomic E-state index is 13.3. The first-order valence-electron chi connectivity index (χ1n) is 12.7. The molecule has 36 heavy (non-hydrogen) atoms. The summed E-state index contributed by atoms with van der Waals surface area (Å²) in [5, 5.41) is 4.53. The van der Waals surface area contributed by atoms with E-state index in [0.29, 0.717) is 19.0 Å². The second-order valence-corrected chi connectivity index (χ2v) is 9.76. The fourth-order valence-electron chi connectivity index (χ4n) is 5.41. The van der Waals surface area contributed by atoms with Crippen molar-refractivity contribution in [3.05, 3.63) is 99.9 Å². The molecule has 186 valence electrons. The van der Waals surface area contributed by atoms with Crippen LogP contribution >= 0.6 is 0 Å². The molecule has 0 aliphatic carbocycles. The summed E-state index contributed by atoms with van der Waals surface area (Å²) in [6, 6.07) is 16.3. The van der Waals surface area contributed by atoms with Crippen LogP contribution in [0, 0.1) is 12.8 Å². The van der Waals surface area contributed by atoms with Crippen LogP contribution in [0.15, 0.2) is 71.9 Å². The number of nitrogens with two attached hydrogens (primary N) is 1. The first kappa shape index (κ1) is 24.2. The summed E-state index contributed by atoms with van der Waals surface area (Å²) in [6.07, 6.45) is 7.99. The third kappa shape index (κ3) is 5.03. The topological polar surface area (TPSA) is 89.1 Å². The number of pyridine rings is 3. The molecule has 1 aliphatic heterocycles. The van der Waals surface area contributed by atoms with E-state index in [1.54, 1.807) is 0 Å². The van der Waals surface area contributed by atoms with Crippen molar-refractivity contribution in [2.45, 2.75) is 38.9 Å². The molecule has 1 saturated heterocycles. The van der Waals surface area contributed by atoms with Crippen LogP contribution in [0.1, 0.15) is 41.4 Å². The normalized spacial score (nSPS) is 16.9. The van der Waals surface area contributed by atoms with Crippen molar-refractivity contribution in [3.63, 3.8) is 0 Å². The number of nitrogens with zero attached hydrogens (tertiary/aromatic N) is 4. The van der Waals surface area contributed by atoms with Crippen molar-refractivity contribution < 1.29 is 0 Å². The van der Waals surface area contributed by atoms with Crippen LogP contribution in [0.2, 0.25) is 0 Å². The van der Waals surface area contributed by atoms with E-state index in [1.807, 2.05) is 67.5 Å². The molecule has 1 unspecified atom stereocenters. The highest BCUT2D eigenvalue weighted by atomic mass is 16.1. The van der Waals surface area contributed by atoms with Crippen molar-refractivity contribution in [2.75, 3.05) is 18.0 Å². The van der Waals surface area contributed by atoms with Crippen LogP contribution in [-0.4, -0.2) is 27.6 Å². The van der Waals surface area contributed by atoms with Crippen molar-refractivity contribution in [1.82, 2.24) is 19.9 Å². The maximum Gasteiger partial charge on any atom is 0.193 e. The number of benzene rings is 1. The highest BCUT2D eigenvalue weighted by molar-refractivity contribution is 5.79. The lowest BCUT2D eigenvalue weighted by molar-refractivity contribution is 0.307. The summed E-state index contributed by atoms with van der Waals surface area (Å²) in [5.41, 5.74) is 11.8. The van der Waals surface area contributed by atoms with E-state index in [-0.39, 0.29) is 11.5 Å². The number of rotatable bonds is 7. The molecule has 2 atom stereocenters. The van der Waals surface area contributed by atoms with Gasteiger partial charge in [-0.15, -0.1) is 0 Å². The van der Waals surface area contributed by atoms with Crippen LogP contribution in [0.5, 0.6) is 0 Å². The second kappa shape index (κ2) is 10.6. The molecule has 0 spiro atoms. The van der Waals surface area contributed by atoms with Crippen LogP contribution < -0.4 is 21.4 Å². The maximum absolute atomic E-state index is 13.3. The van der Waals surface area contributed by atoms with E-state index >= 15 is 0 Å². The zero-order valence-electron chi connectivity index (χ0n) is 21.0. The molecule has 0 amide bonds. The van der Waals surface area contributed by atoms with Gasteiger partial charge in [0.1, 0.15) is 0 Å². The molecule has 5 rings (SSSR count). The lowest BCUT2D eigenvalue weighted by atomic mass is 9.86. The predicted molar refractivity (Wildman–Crippen MR) is 145 cm³/mol. The van der Waals surface area contributed by atoms with Gasteiger partial charge in [-0.25, -0.2) is 0 Å². The summed E-state index contributed by atoms with van der Waals surface area (Å²) in [6.45, 7) is 4.90. The fraction of sp³-hybridized carbons (Fsp3) is 0.345. The monoisotopic (exact) mass is 482 g/mol. The van der Waals surface area contributed by atoms with Crippen molar-refractivity contribution in [3.8, 4) is 0 Å². The Bertz CT molecular complexity index is 1400. The molecule has 3 aromatic heterocycles. The molecule has 7 nitrogen and oxygen atoms in total. The quantitative estimate of drug-likeness (QED) is 0.416. The number of hydrogen-bond donors (Lipinski definition) is 2. The van der Waals surface area contributed by atoms with E-state index in [4.69, 9.17) is 5.73 Å². The second-order valence-electron chi connectivity index (χ2n) is 9.76. The number of para-hydroxylation sites is 1. The third-order valence-corrected chi connectivity index (χ3v) is 7.27. The highest BCUT2D eigenvalue weighted by Crippen LogP contribution is 2.32. The molecular formula is C29H34N6O. The average Bonchev–Trinajstić information content (AvgIpc) is 2.92. The van der Waals surface area contributed by atoms with E-state index in [2.05, 4.69) is 38.4 Å². The summed E-state index contributed by atoms with van der Waals surface area (Å²) >= 11 is 0. The van der Waals surface area contributed by atoms with Gasteiger partial charge in [0.2, 0.25) is 0 Å². The van der Waals surface area contributed by atoms with Crippen molar-refractivity contribution in [2.24, 2.45) is 18.7 Å². The Hall–Kier alpha value is -3.55. The number of anilines is 1. The Morgan fingerprint density at radius 1 is 1.17 bits per heavy atom. The number of piperidine rings is 1. The molecule has 1 aromatic carbocycles. The van der Waals surface area contributed by atoms with Crippen LogP contribution in [0.25, 0.3) is 10.9 Å². The Kier molecular flexibility index (Phi) is 7.11. The standard InChI is InChI=1S/C29H34N6O/c1-20-14-21(11-12-31-20)28(22-6-5-13-35(19-22)25-10-9-24(15-30)32-17-25)33-16-23-18-34(2)27-8-4-3-7-26(27)29(23)36/h3-4,7-12,14,17-18,22,28,33H,5-6,13,15-16,19,30H2,1-2H3/t22-,28?/m0/s1. The first-order valence-corrected chi connectivity index (χ1v) is 12.7. The lowest BCUT2D eigenvalue weighted by Crippen LogP contribution is -2.42. The van der Waals surface area contributed by atoms with Gasteiger partial charge in [0, 0.05) is 68.3 Å². The highest BCUT2D eigenvalue weighted by Gasteiger charge is 2.29. The molecule has 0 saturated carbocycles. The molecule has 1 aliphatic rings. The molecule has 0 radical (unpaired) electrons. The number of fused-ring (bicyclic) bond motifs is 1. The van der Waals surface area contributed by atoms with Gasteiger partial charge in [0.25, 0.3) is 0 Å².